The Bertz CT molecular complexity index is 802. The molecule has 0 saturated heterocycles. The summed E-state index contributed by atoms with van der Waals surface area (Å²) in [6, 6.07) is 12.5. The van der Waals surface area contributed by atoms with Gasteiger partial charge in [-0.15, -0.1) is 0 Å². The molecule has 0 heterocycles. The number of benzene rings is 2. The van der Waals surface area contributed by atoms with Gasteiger partial charge in [-0.05, 0) is 28.8 Å². The van der Waals surface area contributed by atoms with Crippen molar-refractivity contribution in [1.82, 2.24) is 10.7 Å². The van der Waals surface area contributed by atoms with Crippen molar-refractivity contribution in [3.63, 3.8) is 0 Å². The zero-order valence-electron chi connectivity index (χ0n) is 12.9. The smallest absolute Gasteiger partial charge is 0.329 e. The first-order chi connectivity index (χ1) is 12.0. The normalized spacial score (nSPS) is 10.4. The number of aromatic carboxylic acids is 1. The molecule has 128 valence electrons. The molecule has 0 unspecified atom stereocenters. The van der Waals surface area contributed by atoms with E-state index >= 15 is 0 Å². The highest BCUT2D eigenvalue weighted by Crippen LogP contribution is 2.09. The van der Waals surface area contributed by atoms with E-state index in [1.807, 2.05) is 0 Å². The number of carboxylic acid groups (broad SMARTS) is 1. The molecule has 0 saturated carbocycles. The van der Waals surface area contributed by atoms with Gasteiger partial charge in [-0.2, -0.15) is 5.10 Å². The Balaban J connectivity index is 1.81. The zero-order valence-corrected chi connectivity index (χ0v) is 13.6. The average Bonchev–Trinajstić information content (AvgIpc) is 2.61. The van der Waals surface area contributed by atoms with Crippen LogP contribution >= 0.6 is 11.6 Å². The molecule has 0 atom stereocenters. The van der Waals surface area contributed by atoms with Crippen molar-refractivity contribution in [2.75, 3.05) is 0 Å². The minimum absolute atomic E-state index is 0.0303. The van der Waals surface area contributed by atoms with Crippen molar-refractivity contribution < 1.29 is 19.5 Å². The Morgan fingerprint density at radius 2 is 1.64 bits per heavy atom. The Hall–Kier alpha value is -3.19. The van der Waals surface area contributed by atoms with Crippen LogP contribution in [0.15, 0.2) is 53.6 Å². The molecule has 2 N–H and O–H groups in total. The molecule has 0 aliphatic rings. The third-order valence-corrected chi connectivity index (χ3v) is 3.35. The molecule has 2 aromatic carbocycles. The molecule has 2 rings (SSSR count). The number of amides is 2. The first-order valence-corrected chi connectivity index (χ1v) is 7.50. The minimum atomic E-state index is -1.28. The van der Waals surface area contributed by atoms with Crippen LogP contribution in [0.3, 0.4) is 0 Å². The van der Waals surface area contributed by atoms with Gasteiger partial charge in [0.05, 0.1) is 12.2 Å². The highest BCUT2D eigenvalue weighted by molar-refractivity contribution is 6.35. The first-order valence-electron chi connectivity index (χ1n) is 7.13. The van der Waals surface area contributed by atoms with E-state index in [4.69, 9.17) is 11.6 Å². The van der Waals surface area contributed by atoms with Crippen molar-refractivity contribution >= 4 is 35.6 Å². The predicted molar refractivity (Wildman–Crippen MR) is 89.8 cm³/mol. The van der Waals surface area contributed by atoms with E-state index in [1.54, 1.807) is 24.3 Å². The van der Waals surface area contributed by atoms with E-state index in [2.05, 4.69) is 15.8 Å². The van der Waals surface area contributed by atoms with E-state index in [0.717, 1.165) is 5.56 Å². The van der Waals surface area contributed by atoms with Crippen LogP contribution in [0.25, 0.3) is 0 Å². The Labute approximate surface area is 148 Å². The summed E-state index contributed by atoms with van der Waals surface area (Å²) in [6.07, 6.45) is 1.28. The molecule has 25 heavy (non-hydrogen) atoms. The lowest BCUT2D eigenvalue weighted by Gasteiger charge is -2.04. The lowest BCUT2D eigenvalue weighted by Crippen LogP contribution is -2.37. The summed E-state index contributed by atoms with van der Waals surface area (Å²) >= 11 is 5.76. The van der Waals surface area contributed by atoms with Crippen molar-refractivity contribution in [3.05, 3.63) is 70.2 Å². The Morgan fingerprint density at radius 3 is 2.24 bits per heavy atom. The lowest BCUT2D eigenvalue weighted by atomic mass is 10.1. The van der Waals surface area contributed by atoms with Crippen molar-refractivity contribution in [2.24, 2.45) is 5.10 Å². The number of carbonyl (C=O) groups is 3. The quantitative estimate of drug-likeness (QED) is 0.459. The summed E-state index contributed by atoms with van der Waals surface area (Å²) in [4.78, 5) is 33.9. The molecular formula is C17H13ClN3O4-. The summed E-state index contributed by atoms with van der Waals surface area (Å²) in [7, 11) is 0. The van der Waals surface area contributed by atoms with E-state index in [9.17, 15) is 19.5 Å². The van der Waals surface area contributed by atoms with Crippen molar-refractivity contribution in [1.29, 1.82) is 0 Å². The van der Waals surface area contributed by atoms with Crippen LogP contribution in [0.5, 0.6) is 0 Å². The fourth-order valence-electron chi connectivity index (χ4n) is 1.79. The molecule has 0 radical (unpaired) electrons. The molecule has 0 spiro atoms. The molecule has 0 aliphatic heterocycles. The third kappa shape index (κ3) is 5.74. The van der Waals surface area contributed by atoms with Gasteiger partial charge in [-0.1, -0.05) is 48.0 Å². The number of carboxylic acids is 1. The minimum Gasteiger partial charge on any atom is -0.545 e. The monoisotopic (exact) mass is 358 g/mol. The number of halogens is 1. The summed E-state index contributed by atoms with van der Waals surface area (Å²) < 4.78 is 0. The maximum absolute atomic E-state index is 11.6. The van der Waals surface area contributed by atoms with Crippen LogP contribution in [0.2, 0.25) is 5.02 Å². The highest BCUT2D eigenvalue weighted by atomic mass is 35.5. The molecule has 0 aliphatic carbocycles. The SMILES string of the molecule is O=C(NCc1ccc(Cl)cc1)C(=O)NN=Cc1ccc(C(=O)[O-])cc1. The summed E-state index contributed by atoms with van der Waals surface area (Å²) in [6.45, 7) is 0.178. The summed E-state index contributed by atoms with van der Waals surface area (Å²) in [5.41, 5.74) is 3.45. The largest absolute Gasteiger partial charge is 0.545 e. The standard InChI is InChI=1S/C17H14ClN3O4/c18-14-7-3-11(4-8-14)9-19-15(22)16(23)21-20-10-12-1-5-13(6-2-12)17(24)25/h1-8,10H,9H2,(H,19,22)(H,21,23)(H,24,25)/p-1. The first kappa shape index (κ1) is 18.2. The molecule has 2 amide bonds. The van der Waals surface area contributed by atoms with Gasteiger partial charge in [-0.25, -0.2) is 5.43 Å². The van der Waals surface area contributed by atoms with Gasteiger partial charge in [0, 0.05) is 11.6 Å². The van der Waals surface area contributed by atoms with Crippen molar-refractivity contribution in [2.45, 2.75) is 6.54 Å². The fourth-order valence-corrected chi connectivity index (χ4v) is 1.91. The predicted octanol–water partition coefficient (Wildman–Crippen LogP) is 0.470. The van der Waals surface area contributed by atoms with Crippen LogP contribution in [0, 0.1) is 0 Å². The number of hydrazone groups is 1. The van der Waals surface area contributed by atoms with Crippen LogP contribution in [0.1, 0.15) is 21.5 Å². The van der Waals surface area contributed by atoms with Gasteiger partial charge in [0.1, 0.15) is 0 Å². The van der Waals surface area contributed by atoms with E-state index in [1.165, 1.54) is 30.5 Å². The molecule has 0 fully saturated rings. The number of hydrogen-bond donors (Lipinski definition) is 2. The maximum atomic E-state index is 11.6. The fraction of sp³-hybridized carbons (Fsp3) is 0.0588. The Morgan fingerprint density at radius 1 is 1.00 bits per heavy atom. The van der Waals surface area contributed by atoms with Gasteiger partial charge >= 0.3 is 11.8 Å². The average molecular weight is 359 g/mol. The molecule has 8 heteroatoms. The van der Waals surface area contributed by atoms with Gasteiger partial charge < -0.3 is 15.2 Å². The lowest BCUT2D eigenvalue weighted by molar-refractivity contribution is -0.255. The second kappa shape index (κ2) is 8.60. The number of nitrogens with zero attached hydrogens (tertiary/aromatic N) is 1. The zero-order chi connectivity index (χ0) is 18.2. The second-order valence-electron chi connectivity index (χ2n) is 4.92. The van der Waals surface area contributed by atoms with Crippen LogP contribution in [-0.2, 0) is 16.1 Å². The Kier molecular flexibility index (Phi) is 6.25. The highest BCUT2D eigenvalue weighted by Gasteiger charge is 2.11. The van der Waals surface area contributed by atoms with E-state index < -0.39 is 17.8 Å². The maximum Gasteiger partial charge on any atom is 0.329 e. The molecule has 0 bridgehead atoms. The second-order valence-corrected chi connectivity index (χ2v) is 5.35. The van der Waals surface area contributed by atoms with Crippen LogP contribution < -0.4 is 15.8 Å². The van der Waals surface area contributed by atoms with Gasteiger partial charge in [0.2, 0.25) is 0 Å². The summed E-state index contributed by atoms with van der Waals surface area (Å²) in [5.74, 6) is -3.04. The molecule has 0 aromatic heterocycles. The molecule has 2 aromatic rings. The number of carbonyl (C=O) groups excluding carboxylic acids is 3. The number of hydrogen-bond acceptors (Lipinski definition) is 5. The van der Waals surface area contributed by atoms with Crippen LogP contribution in [0.4, 0.5) is 0 Å². The van der Waals surface area contributed by atoms with Crippen LogP contribution in [-0.4, -0.2) is 24.0 Å². The number of rotatable bonds is 5. The number of nitrogens with one attached hydrogen (secondary N) is 2. The topological polar surface area (TPSA) is 111 Å². The van der Waals surface area contributed by atoms with Gasteiger partial charge in [0.25, 0.3) is 0 Å². The van der Waals surface area contributed by atoms with Gasteiger partial charge in [0.15, 0.2) is 0 Å². The van der Waals surface area contributed by atoms with Gasteiger partial charge in [-0.3, -0.25) is 9.59 Å². The van der Waals surface area contributed by atoms with E-state index in [-0.39, 0.29) is 12.1 Å². The molecule has 7 nitrogen and oxygen atoms in total. The molecular weight excluding hydrogens is 346 g/mol. The van der Waals surface area contributed by atoms with Crippen molar-refractivity contribution in [3.8, 4) is 0 Å². The van der Waals surface area contributed by atoms with E-state index in [0.29, 0.717) is 10.6 Å². The summed E-state index contributed by atoms with van der Waals surface area (Å²) in [5, 5.41) is 17.3. The third-order valence-electron chi connectivity index (χ3n) is 3.10.